The van der Waals surface area contributed by atoms with Crippen LogP contribution in [0.1, 0.15) is 19.8 Å². The van der Waals surface area contributed by atoms with Crippen molar-refractivity contribution in [2.45, 2.75) is 24.7 Å². The van der Waals surface area contributed by atoms with Crippen LogP contribution < -0.4 is 0 Å². The number of rotatable bonds is 2. The molecule has 1 aromatic rings. The van der Waals surface area contributed by atoms with E-state index in [1.165, 1.54) is 16.4 Å². The van der Waals surface area contributed by atoms with Crippen molar-refractivity contribution in [1.82, 2.24) is 4.31 Å². The molecule has 0 aromatic heterocycles. The zero-order chi connectivity index (χ0) is 14.2. The second kappa shape index (κ2) is 5.90. The van der Waals surface area contributed by atoms with Gasteiger partial charge >= 0.3 is 0 Å². The summed E-state index contributed by atoms with van der Waals surface area (Å²) in [7, 11) is -3.52. The molecule has 106 valence electrons. The van der Waals surface area contributed by atoms with Gasteiger partial charge in [-0.3, -0.25) is 0 Å². The Kier molecular flexibility index (Phi) is 4.83. The van der Waals surface area contributed by atoms with E-state index in [0.29, 0.717) is 28.5 Å². The van der Waals surface area contributed by atoms with E-state index >= 15 is 0 Å². The molecule has 0 N–H and O–H groups in total. The van der Waals surface area contributed by atoms with Gasteiger partial charge < -0.3 is 0 Å². The summed E-state index contributed by atoms with van der Waals surface area (Å²) in [6, 6.07) is 2.92. The third kappa shape index (κ3) is 3.27. The molecule has 1 aliphatic heterocycles. The summed E-state index contributed by atoms with van der Waals surface area (Å²) in [5.74, 6) is 0.380. The highest BCUT2D eigenvalue weighted by Crippen LogP contribution is 2.34. The van der Waals surface area contributed by atoms with Crippen LogP contribution in [0.5, 0.6) is 0 Å². The van der Waals surface area contributed by atoms with E-state index in [-0.39, 0.29) is 9.92 Å². The first-order chi connectivity index (χ1) is 8.82. The Morgan fingerprint density at radius 1 is 1.32 bits per heavy atom. The number of sulfonamides is 1. The highest BCUT2D eigenvalue weighted by molar-refractivity contribution is 9.10. The van der Waals surface area contributed by atoms with Crippen molar-refractivity contribution >= 4 is 49.2 Å². The minimum Gasteiger partial charge on any atom is -0.207 e. The molecule has 1 aromatic carbocycles. The Labute approximate surface area is 132 Å². The number of benzene rings is 1. The molecule has 0 aliphatic carbocycles. The van der Waals surface area contributed by atoms with Crippen molar-refractivity contribution in [1.29, 1.82) is 0 Å². The van der Waals surface area contributed by atoms with Crippen molar-refractivity contribution in [3.8, 4) is 0 Å². The highest BCUT2D eigenvalue weighted by Gasteiger charge is 2.30. The van der Waals surface area contributed by atoms with Gasteiger partial charge in [-0.25, -0.2) is 8.42 Å². The molecule has 7 heteroatoms. The van der Waals surface area contributed by atoms with Crippen LogP contribution in [0, 0.1) is 5.92 Å². The molecule has 19 heavy (non-hydrogen) atoms. The molecule has 1 atom stereocenters. The Morgan fingerprint density at radius 3 is 2.58 bits per heavy atom. The van der Waals surface area contributed by atoms with Crippen molar-refractivity contribution in [2.75, 3.05) is 13.1 Å². The standard InChI is InChI=1S/C12H14BrCl2NO2S/c1-8-3-2-4-16(7-8)19(17,18)12-6-11(15)10(14)5-9(12)13/h5-6,8H,2-4,7H2,1H3/t8-/m0/s1. The predicted molar refractivity (Wildman–Crippen MR) is 81.3 cm³/mol. The van der Waals surface area contributed by atoms with Crippen molar-refractivity contribution in [3.05, 3.63) is 26.7 Å². The van der Waals surface area contributed by atoms with Gasteiger partial charge in [-0.1, -0.05) is 30.1 Å². The molecule has 1 heterocycles. The molecule has 0 unspecified atom stereocenters. The van der Waals surface area contributed by atoms with Gasteiger partial charge in [0.25, 0.3) is 0 Å². The Balaban J connectivity index is 2.42. The molecule has 2 rings (SSSR count). The van der Waals surface area contributed by atoms with Crippen molar-refractivity contribution < 1.29 is 8.42 Å². The molecule has 1 aliphatic rings. The first kappa shape index (κ1) is 15.6. The minimum atomic E-state index is -3.52. The lowest BCUT2D eigenvalue weighted by atomic mass is 10.0. The number of piperidine rings is 1. The molecule has 3 nitrogen and oxygen atoms in total. The monoisotopic (exact) mass is 385 g/mol. The SMILES string of the molecule is C[C@H]1CCCN(S(=O)(=O)c2cc(Cl)c(Cl)cc2Br)C1. The Morgan fingerprint density at radius 2 is 1.95 bits per heavy atom. The maximum atomic E-state index is 12.6. The van der Waals surface area contributed by atoms with Crippen LogP contribution in [0.15, 0.2) is 21.5 Å². The van der Waals surface area contributed by atoms with Gasteiger partial charge in [-0.05, 0) is 46.8 Å². The summed E-state index contributed by atoms with van der Waals surface area (Å²) in [6.45, 7) is 3.17. The number of halogens is 3. The molecule has 1 saturated heterocycles. The molecule has 0 bridgehead atoms. The van der Waals surface area contributed by atoms with Crippen LogP contribution in [0.4, 0.5) is 0 Å². The van der Waals surface area contributed by atoms with Gasteiger partial charge in [0.15, 0.2) is 0 Å². The summed E-state index contributed by atoms with van der Waals surface area (Å²) >= 11 is 15.0. The molecule has 0 amide bonds. The minimum absolute atomic E-state index is 0.177. The van der Waals surface area contributed by atoms with Gasteiger partial charge in [0.05, 0.1) is 14.9 Å². The molecule has 0 spiro atoms. The van der Waals surface area contributed by atoms with E-state index in [4.69, 9.17) is 23.2 Å². The quantitative estimate of drug-likeness (QED) is 0.715. The Bertz CT molecular complexity index is 592. The van der Waals surface area contributed by atoms with Gasteiger partial charge in [0, 0.05) is 17.6 Å². The fraction of sp³-hybridized carbons (Fsp3) is 0.500. The second-order valence-corrected chi connectivity index (χ2v) is 8.38. The number of hydrogen-bond acceptors (Lipinski definition) is 2. The van der Waals surface area contributed by atoms with E-state index in [0.717, 1.165) is 12.8 Å². The highest BCUT2D eigenvalue weighted by atomic mass is 79.9. The normalized spacial score (nSPS) is 21.6. The van der Waals surface area contributed by atoms with Crippen LogP contribution in [0.3, 0.4) is 0 Å². The number of hydrogen-bond donors (Lipinski definition) is 0. The topological polar surface area (TPSA) is 37.4 Å². The van der Waals surface area contributed by atoms with Crippen LogP contribution in [-0.2, 0) is 10.0 Å². The van der Waals surface area contributed by atoms with Gasteiger partial charge in [0.1, 0.15) is 0 Å². The summed E-state index contributed by atoms with van der Waals surface area (Å²) < 4.78 is 27.2. The van der Waals surface area contributed by atoms with E-state index in [9.17, 15) is 8.42 Å². The molecular formula is C12H14BrCl2NO2S. The molecular weight excluding hydrogens is 373 g/mol. The zero-order valence-corrected chi connectivity index (χ0v) is 14.3. The average molecular weight is 387 g/mol. The maximum Gasteiger partial charge on any atom is 0.244 e. The first-order valence-electron chi connectivity index (χ1n) is 5.97. The maximum absolute atomic E-state index is 12.6. The summed E-state index contributed by atoms with van der Waals surface area (Å²) in [5, 5.41) is 0.577. The fourth-order valence-corrected chi connectivity index (χ4v) is 5.36. The summed E-state index contributed by atoms with van der Waals surface area (Å²) in [6.07, 6.45) is 1.95. The van der Waals surface area contributed by atoms with Crippen LogP contribution in [0.2, 0.25) is 10.0 Å². The predicted octanol–water partition coefficient (Wildman–Crippen LogP) is 4.18. The van der Waals surface area contributed by atoms with E-state index < -0.39 is 10.0 Å². The lowest BCUT2D eigenvalue weighted by Crippen LogP contribution is -2.39. The molecule has 0 saturated carbocycles. The first-order valence-corrected chi connectivity index (χ1v) is 8.96. The van der Waals surface area contributed by atoms with Crippen molar-refractivity contribution in [2.24, 2.45) is 5.92 Å². The summed E-state index contributed by atoms with van der Waals surface area (Å²) in [4.78, 5) is 0.177. The smallest absolute Gasteiger partial charge is 0.207 e. The summed E-state index contributed by atoms with van der Waals surface area (Å²) in [5.41, 5.74) is 0. The van der Waals surface area contributed by atoms with Gasteiger partial charge in [-0.2, -0.15) is 4.31 Å². The van der Waals surface area contributed by atoms with Crippen LogP contribution in [-0.4, -0.2) is 25.8 Å². The van der Waals surface area contributed by atoms with E-state index in [1.807, 2.05) is 0 Å². The fourth-order valence-electron chi connectivity index (χ4n) is 2.21. The molecule has 0 radical (unpaired) electrons. The Hall–Kier alpha value is 0.190. The third-order valence-electron chi connectivity index (χ3n) is 3.21. The zero-order valence-electron chi connectivity index (χ0n) is 10.4. The number of nitrogens with zero attached hydrogens (tertiary/aromatic N) is 1. The third-order valence-corrected chi connectivity index (χ3v) is 6.76. The molecule has 1 fully saturated rings. The van der Waals surface area contributed by atoms with E-state index in [1.54, 1.807) is 0 Å². The van der Waals surface area contributed by atoms with Crippen LogP contribution >= 0.6 is 39.1 Å². The van der Waals surface area contributed by atoms with Gasteiger partial charge in [0.2, 0.25) is 10.0 Å². The van der Waals surface area contributed by atoms with Gasteiger partial charge in [-0.15, -0.1) is 0 Å². The largest absolute Gasteiger partial charge is 0.244 e. The lowest BCUT2D eigenvalue weighted by molar-refractivity contribution is 0.281. The van der Waals surface area contributed by atoms with Crippen LogP contribution in [0.25, 0.3) is 0 Å². The van der Waals surface area contributed by atoms with Crippen molar-refractivity contribution in [3.63, 3.8) is 0 Å². The second-order valence-electron chi connectivity index (χ2n) is 4.81. The average Bonchev–Trinajstić information content (AvgIpc) is 2.33. The van der Waals surface area contributed by atoms with E-state index in [2.05, 4.69) is 22.9 Å². The lowest BCUT2D eigenvalue weighted by Gasteiger charge is -2.30.